The number of anilines is 1. The van der Waals surface area contributed by atoms with Crippen molar-refractivity contribution in [3.05, 3.63) is 11.8 Å². The molecule has 1 atom stereocenters. The smallest absolute Gasteiger partial charge is 0.248 e. The van der Waals surface area contributed by atoms with Gasteiger partial charge in [0.25, 0.3) is 0 Å². The Morgan fingerprint density at radius 1 is 1.44 bits per heavy atom. The van der Waals surface area contributed by atoms with Gasteiger partial charge in [0.1, 0.15) is 11.8 Å². The largest absolute Gasteiger partial charge is 0.360 e. The Kier molecular flexibility index (Phi) is 4.88. The minimum Gasteiger partial charge on any atom is -0.360 e. The van der Waals surface area contributed by atoms with Crippen LogP contribution in [-0.2, 0) is 9.59 Å². The topological polar surface area (TPSA) is 84.2 Å². The van der Waals surface area contributed by atoms with Crippen LogP contribution in [0.25, 0.3) is 0 Å². The fourth-order valence-electron chi connectivity index (χ4n) is 1.59. The quantitative estimate of drug-likeness (QED) is 0.832. The van der Waals surface area contributed by atoms with Crippen LogP contribution in [0.3, 0.4) is 0 Å². The molecule has 0 aromatic carbocycles. The van der Waals surface area contributed by atoms with E-state index in [0.717, 1.165) is 0 Å². The number of aryl methyl sites for hydroxylation is 1. The van der Waals surface area contributed by atoms with E-state index in [-0.39, 0.29) is 11.8 Å². The molecule has 0 saturated carbocycles. The Labute approximate surface area is 106 Å². The lowest BCUT2D eigenvalue weighted by atomic mass is 10.0. The van der Waals surface area contributed by atoms with Crippen molar-refractivity contribution in [2.75, 3.05) is 5.32 Å². The number of carbonyl (C=O) groups excluding carboxylic acids is 2. The zero-order valence-electron chi connectivity index (χ0n) is 11.1. The highest BCUT2D eigenvalue weighted by molar-refractivity contribution is 5.96. The van der Waals surface area contributed by atoms with E-state index in [9.17, 15) is 9.59 Å². The molecule has 1 aromatic heterocycles. The molecule has 0 fully saturated rings. The zero-order valence-corrected chi connectivity index (χ0v) is 11.1. The maximum Gasteiger partial charge on any atom is 0.248 e. The number of aromatic nitrogens is 1. The molecule has 1 rings (SSSR count). The summed E-state index contributed by atoms with van der Waals surface area (Å²) >= 11 is 0. The van der Waals surface area contributed by atoms with E-state index >= 15 is 0 Å². The molecule has 0 bridgehead atoms. The summed E-state index contributed by atoms with van der Waals surface area (Å²) in [6.07, 6.45) is 0.572. The maximum absolute atomic E-state index is 12.0. The normalized spacial score (nSPS) is 12.3. The van der Waals surface area contributed by atoms with Crippen LogP contribution in [0, 0.1) is 12.8 Å². The zero-order chi connectivity index (χ0) is 13.7. The van der Waals surface area contributed by atoms with Crippen LogP contribution in [0.15, 0.2) is 10.6 Å². The molecule has 0 aliphatic carbocycles. The molecule has 18 heavy (non-hydrogen) atoms. The Morgan fingerprint density at radius 2 is 2.11 bits per heavy atom. The molecular formula is C12H19N3O3. The van der Waals surface area contributed by atoms with Gasteiger partial charge in [0, 0.05) is 13.0 Å². The van der Waals surface area contributed by atoms with Gasteiger partial charge in [0.05, 0.1) is 0 Å². The van der Waals surface area contributed by atoms with Gasteiger partial charge in [-0.2, -0.15) is 0 Å². The second-order valence-corrected chi connectivity index (χ2v) is 4.69. The summed E-state index contributed by atoms with van der Waals surface area (Å²) in [5.41, 5.74) is 0. The fraction of sp³-hybridized carbons (Fsp3) is 0.583. The van der Waals surface area contributed by atoms with Crippen molar-refractivity contribution in [3.8, 4) is 0 Å². The van der Waals surface area contributed by atoms with Gasteiger partial charge in [-0.25, -0.2) is 0 Å². The highest BCUT2D eigenvalue weighted by atomic mass is 16.5. The molecule has 2 amide bonds. The number of hydrogen-bond acceptors (Lipinski definition) is 4. The highest BCUT2D eigenvalue weighted by Crippen LogP contribution is 2.10. The summed E-state index contributed by atoms with van der Waals surface area (Å²) in [5, 5.41) is 8.92. The van der Waals surface area contributed by atoms with Crippen LogP contribution < -0.4 is 10.6 Å². The number of hydrogen-bond donors (Lipinski definition) is 2. The van der Waals surface area contributed by atoms with Crippen molar-refractivity contribution in [1.29, 1.82) is 0 Å². The third-order valence-corrected chi connectivity index (χ3v) is 2.28. The van der Waals surface area contributed by atoms with Gasteiger partial charge < -0.3 is 15.2 Å². The Balaban J connectivity index is 2.66. The predicted molar refractivity (Wildman–Crippen MR) is 66.9 cm³/mol. The first kappa shape index (κ1) is 14.2. The minimum absolute atomic E-state index is 0.230. The summed E-state index contributed by atoms with van der Waals surface area (Å²) in [6.45, 7) is 7.10. The van der Waals surface area contributed by atoms with E-state index in [1.54, 1.807) is 13.0 Å². The lowest BCUT2D eigenvalue weighted by Gasteiger charge is -2.18. The summed E-state index contributed by atoms with van der Waals surface area (Å²) < 4.78 is 4.86. The molecule has 0 saturated heterocycles. The molecule has 1 aromatic rings. The van der Waals surface area contributed by atoms with Crippen LogP contribution in [0.4, 0.5) is 5.82 Å². The number of rotatable bonds is 5. The average molecular weight is 253 g/mol. The van der Waals surface area contributed by atoms with Gasteiger partial charge >= 0.3 is 0 Å². The Bertz CT molecular complexity index is 426. The number of carbonyl (C=O) groups is 2. The van der Waals surface area contributed by atoms with Crippen molar-refractivity contribution >= 4 is 17.6 Å². The third kappa shape index (κ3) is 4.57. The lowest BCUT2D eigenvalue weighted by molar-refractivity contribution is -0.125. The first-order valence-corrected chi connectivity index (χ1v) is 5.89. The van der Waals surface area contributed by atoms with Gasteiger partial charge in [-0.1, -0.05) is 19.0 Å². The van der Waals surface area contributed by atoms with E-state index in [1.807, 2.05) is 13.8 Å². The third-order valence-electron chi connectivity index (χ3n) is 2.28. The van der Waals surface area contributed by atoms with E-state index in [1.165, 1.54) is 6.92 Å². The first-order chi connectivity index (χ1) is 8.38. The van der Waals surface area contributed by atoms with Gasteiger partial charge in [-0.15, -0.1) is 0 Å². The van der Waals surface area contributed by atoms with Gasteiger partial charge in [-0.05, 0) is 19.3 Å². The number of amides is 2. The second-order valence-electron chi connectivity index (χ2n) is 4.69. The van der Waals surface area contributed by atoms with Crippen LogP contribution in [0.5, 0.6) is 0 Å². The van der Waals surface area contributed by atoms with E-state index in [2.05, 4.69) is 15.8 Å². The fourth-order valence-corrected chi connectivity index (χ4v) is 1.59. The van der Waals surface area contributed by atoms with E-state index < -0.39 is 6.04 Å². The lowest BCUT2D eigenvalue weighted by Crippen LogP contribution is -2.43. The molecule has 6 nitrogen and oxygen atoms in total. The van der Waals surface area contributed by atoms with Crippen LogP contribution in [0.1, 0.15) is 33.0 Å². The minimum atomic E-state index is -0.556. The molecule has 1 heterocycles. The highest BCUT2D eigenvalue weighted by Gasteiger charge is 2.21. The summed E-state index contributed by atoms with van der Waals surface area (Å²) in [7, 11) is 0. The van der Waals surface area contributed by atoms with Gasteiger partial charge in [-0.3, -0.25) is 9.59 Å². The average Bonchev–Trinajstić information content (AvgIpc) is 2.61. The summed E-state index contributed by atoms with van der Waals surface area (Å²) in [6, 6.07) is 1.07. The molecule has 100 valence electrons. The summed E-state index contributed by atoms with van der Waals surface area (Å²) in [4.78, 5) is 23.1. The number of nitrogens with zero attached hydrogens (tertiary/aromatic N) is 1. The number of nitrogens with one attached hydrogen (secondary N) is 2. The van der Waals surface area contributed by atoms with E-state index in [0.29, 0.717) is 23.9 Å². The molecule has 2 N–H and O–H groups in total. The molecule has 0 aliphatic heterocycles. The maximum atomic E-state index is 12.0. The molecular weight excluding hydrogens is 234 g/mol. The second kappa shape index (κ2) is 6.18. The molecule has 0 radical (unpaired) electrons. The van der Waals surface area contributed by atoms with Crippen LogP contribution in [0.2, 0.25) is 0 Å². The molecule has 6 heteroatoms. The molecule has 0 unspecified atom stereocenters. The summed E-state index contributed by atoms with van der Waals surface area (Å²) in [5.74, 6) is 0.757. The standard InChI is InChI=1S/C12H19N3O3/c1-7(2)5-10(13-9(4)16)12(17)14-11-6-8(3)18-15-11/h6-7,10H,5H2,1-4H3,(H,13,16)(H,14,15,17)/t10-/m1/s1. The van der Waals surface area contributed by atoms with Crippen LogP contribution in [-0.4, -0.2) is 23.0 Å². The first-order valence-electron chi connectivity index (χ1n) is 5.89. The molecule has 0 aliphatic rings. The van der Waals surface area contributed by atoms with Crippen molar-refractivity contribution in [2.24, 2.45) is 5.92 Å². The van der Waals surface area contributed by atoms with Crippen molar-refractivity contribution < 1.29 is 14.1 Å². The van der Waals surface area contributed by atoms with E-state index in [4.69, 9.17) is 4.52 Å². The van der Waals surface area contributed by atoms with Gasteiger partial charge in [0.15, 0.2) is 5.82 Å². The Hall–Kier alpha value is -1.85. The van der Waals surface area contributed by atoms with Crippen molar-refractivity contribution in [3.63, 3.8) is 0 Å². The monoisotopic (exact) mass is 253 g/mol. The SMILES string of the molecule is CC(=O)N[C@H](CC(C)C)C(=O)Nc1cc(C)on1. The molecule has 0 spiro atoms. The van der Waals surface area contributed by atoms with Crippen molar-refractivity contribution in [1.82, 2.24) is 10.5 Å². The van der Waals surface area contributed by atoms with Crippen molar-refractivity contribution in [2.45, 2.75) is 40.2 Å². The van der Waals surface area contributed by atoms with Gasteiger partial charge in [0.2, 0.25) is 11.8 Å². The Morgan fingerprint density at radius 3 is 2.56 bits per heavy atom. The predicted octanol–water partition coefficient (Wildman–Crippen LogP) is 1.47. The van der Waals surface area contributed by atoms with Crippen LogP contribution >= 0.6 is 0 Å².